The van der Waals surface area contributed by atoms with Gasteiger partial charge in [0.25, 0.3) is 0 Å². The molecule has 0 spiro atoms. The molecule has 6 nitrogen and oxygen atoms in total. The van der Waals surface area contributed by atoms with Crippen LogP contribution in [0.5, 0.6) is 0 Å². The third-order valence-electron chi connectivity index (χ3n) is 4.56. The van der Waals surface area contributed by atoms with Gasteiger partial charge >= 0.3 is 0 Å². The Hall–Kier alpha value is -2.63. The second-order valence-electron chi connectivity index (χ2n) is 6.38. The van der Waals surface area contributed by atoms with Gasteiger partial charge in [-0.2, -0.15) is 0 Å². The first kappa shape index (κ1) is 16.2. The Balaban J connectivity index is 1.70. The number of allylic oxidation sites excluding steroid dienone is 2. The quantitative estimate of drug-likeness (QED) is 0.674. The smallest absolute Gasteiger partial charge is 0.244 e. The van der Waals surface area contributed by atoms with Crippen molar-refractivity contribution in [3.63, 3.8) is 0 Å². The fourth-order valence-corrected chi connectivity index (χ4v) is 3.33. The van der Waals surface area contributed by atoms with Crippen LogP contribution in [0, 0.1) is 11.8 Å². The highest BCUT2D eigenvalue weighted by Crippen LogP contribution is 2.35. The molecule has 1 aromatic rings. The SMILES string of the molecule is CN(C)c1ccccc1NC(=O)CN1C(=O)C2CC=CCC2C1=O. The van der Waals surface area contributed by atoms with Gasteiger partial charge < -0.3 is 10.2 Å². The van der Waals surface area contributed by atoms with E-state index in [1.54, 1.807) is 6.07 Å². The molecule has 0 aromatic heterocycles. The monoisotopic (exact) mass is 327 g/mol. The highest BCUT2D eigenvalue weighted by atomic mass is 16.2. The molecular formula is C18H21N3O3. The van der Waals surface area contributed by atoms with Crippen LogP contribution in [-0.4, -0.2) is 43.3 Å². The third kappa shape index (κ3) is 2.91. The molecule has 0 saturated carbocycles. The van der Waals surface area contributed by atoms with Crippen LogP contribution in [0.2, 0.25) is 0 Å². The van der Waals surface area contributed by atoms with Gasteiger partial charge in [0.15, 0.2) is 0 Å². The Labute approximate surface area is 141 Å². The molecule has 2 atom stereocenters. The molecule has 1 fully saturated rings. The van der Waals surface area contributed by atoms with Crippen LogP contribution in [0.4, 0.5) is 11.4 Å². The number of carbonyl (C=O) groups excluding carboxylic acids is 3. The van der Waals surface area contributed by atoms with E-state index in [-0.39, 0.29) is 36.1 Å². The van der Waals surface area contributed by atoms with Crippen molar-refractivity contribution in [3.8, 4) is 0 Å². The maximum absolute atomic E-state index is 12.4. The number of benzene rings is 1. The van der Waals surface area contributed by atoms with Crippen molar-refractivity contribution in [2.45, 2.75) is 12.8 Å². The summed E-state index contributed by atoms with van der Waals surface area (Å²) in [7, 11) is 3.77. The topological polar surface area (TPSA) is 69.7 Å². The predicted molar refractivity (Wildman–Crippen MR) is 91.5 cm³/mol. The molecule has 0 radical (unpaired) electrons. The Morgan fingerprint density at radius 1 is 1.12 bits per heavy atom. The van der Waals surface area contributed by atoms with Crippen molar-refractivity contribution in [2.24, 2.45) is 11.8 Å². The van der Waals surface area contributed by atoms with Gasteiger partial charge in [0.2, 0.25) is 17.7 Å². The molecule has 1 saturated heterocycles. The molecule has 1 aliphatic carbocycles. The lowest BCUT2D eigenvalue weighted by molar-refractivity contribution is -0.142. The number of imide groups is 1. The van der Waals surface area contributed by atoms with Crippen LogP contribution in [0.1, 0.15) is 12.8 Å². The summed E-state index contributed by atoms with van der Waals surface area (Å²) >= 11 is 0. The first-order valence-corrected chi connectivity index (χ1v) is 8.05. The van der Waals surface area contributed by atoms with Gasteiger partial charge in [-0.15, -0.1) is 0 Å². The average molecular weight is 327 g/mol. The highest BCUT2D eigenvalue weighted by Gasteiger charge is 2.47. The zero-order valence-corrected chi connectivity index (χ0v) is 13.9. The Kier molecular flexibility index (Phi) is 4.38. The molecule has 6 heteroatoms. The molecular weight excluding hydrogens is 306 g/mol. The summed E-state index contributed by atoms with van der Waals surface area (Å²) < 4.78 is 0. The largest absolute Gasteiger partial charge is 0.376 e. The highest BCUT2D eigenvalue weighted by molar-refractivity contribution is 6.09. The van der Waals surface area contributed by atoms with Crippen LogP contribution in [0.3, 0.4) is 0 Å². The molecule has 3 amide bonds. The zero-order chi connectivity index (χ0) is 17.3. The number of hydrogen-bond donors (Lipinski definition) is 1. The van der Waals surface area contributed by atoms with Crippen LogP contribution in [0.15, 0.2) is 36.4 Å². The Bertz CT molecular complexity index is 685. The Morgan fingerprint density at radius 3 is 2.29 bits per heavy atom. The number of para-hydroxylation sites is 2. The molecule has 1 aliphatic heterocycles. The molecule has 2 aliphatic rings. The first-order valence-electron chi connectivity index (χ1n) is 8.05. The van der Waals surface area contributed by atoms with Crippen LogP contribution in [0.25, 0.3) is 0 Å². The maximum atomic E-state index is 12.4. The second kappa shape index (κ2) is 6.47. The molecule has 1 heterocycles. The number of likely N-dealkylation sites (tertiary alicyclic amines) is 1. The minimum Gasteiger partial charge on any atom is -0.376 e. The molecule has 1 N–H and O–H groups in total. The number of hydrogen-bond acceptors (Lipinski definition) is 4. The first-order chi connectivity index (χ1) is 11.5. The summed E-state index contributed by atoms with van der Waals surface area (Å²) in [6.07, 6.45) is 5.03. The molecule has 24 heavy (non-hydrogen) atoms. The minimum absolute atomic E-state index is 0.230. The number of nitrogens with one attached hydrogen (secondary N) is 1. The van der Waals surface area contributed by atoms with E-state index in [9.17, 15) is 14.4 Å². The third-order valence-corrected chi connectivity index (χ3v) is 4.56. The van der Waals surface area contributed by atoms with E-state index < -0.39 is 0 Å². The fraction of sp³-hybridized carbons (Fsp3) is 0.389. The number of carbonyl (C=O) groups is 3. The lowest BCUT2D eigenvalue weighted by atomic mass is 9.85. The molecule has 2 unspecified atom stereocenters. The lowest BCUT2D eigenvalue weighted by Crippen LogP contribution is -2.38. The van der Waals surface area contributed by atoms with Crippen molar-refractivity contribution in [1.29, 1.82) is 0 Å². The molecule has 1 aromatic carbocycles. The number of anilines is 2. The fourth-order valence-electron chi connectivity index (χ4n) is 3.33. The van der Waals surface area contributed by atoms with Gasteiger partial charge in [-0.25, -0.2) is 0 Å². The molecule has 126 valence electrons. The van der Waals surface area contributed by atoms with E-state index in [4.69, 9.17) is 0 Å². The van der Waals surface area contributed by atoms with Gasteiger partial charge in [0.05, 0.1) is 23.2 Å². The van der Waals surface area contributed by atoms with E-state index in [1.807, 2.05) is 49.3 Å². The van der Waals surface area contributed by atoms with E-state index in [0.717, 1.165) is 10.6 Å². The maximum Gasteiger partial charge on any atom is 0.244 e. The summed E-state index contributed by atoms with van der Waals surface area (Å²) in [5, 5.41) is 2.80. The average Bonchev–Trinajstić information content (AvgIpc) is 2.80. The second-order valence-corrected chi connectivity index (χ2v) is 6.38. The van der Waals surface area contributed by atoms with Crippen LogP contribution in [-0.2, 0) is 14.4 Å². The normalized spacial score (nSPS) is 22.5. The van der Waals surface area contributed by atoms with E-state index in [2.05, 4.69) is 5.32 Å². The zero-order valence-electron chi connectivity index (χ0n) is 13.9. The standard InChI is InChI=1S/C18H21N3O3/c1-20(2)15-10-6-5-9-14(15)19-16(22)11-21-17(23)12-7-3-4-8-13(12)18(21)24/h3-6,9-10,12-13H,7-8,11H2,1-2H3,(H,19,22). The van der Waals surface area contributed by atoms with Gasteiger partial charge in [-0.3, -0.25) is 19.3 Å². The number of amides is 3. The Morgan fingerprint density at radius 2 is 1.71 bits per heavy atom. The van der Waals surface area contributed by atoms with Gasteiger partial charge in [0.1, 0.15) is 6.54 Å². The van der Waals surface area contributed by atoms with Gasteiger partial charge in [-0.1, -0.05) is 24.3 Å². The number of fused-ring (bicyclic) bond motifs is 1. The van der Waals surface area contributed by atoms with Crippen molar-refractivity contribution >= 4 is 29.1 Å². The number of nitrogens with zero attached hydrogens (tertiary/aromatic N) is 2. The molecule has 0 bridgehead atoms. The van der Waals surface area contributed by atoms with Crippen molar-refractivity contribution < 1.29 is 14.4 Å². The number of rotatable bonds is 4. The van der Waals surface area contributed by atoms with Gasteiger partial charge in [0, 0.05) is 14.1 Å². The van der Waals surface area contributed by atoms with E-state index >= 15 is 0 Å². The lowest BCUT2D eigenvalue weighted by Gasteiger charge is -2.19. The van der Waals surface area contributed by atoms with Gasteiger partial charge in [-0.05, 0) is 25.0 Å². The summed E-state index contributed by atoms with van der Waals surface area (Å²) in [5.74, 6) is -1.43. The summed E-state index contributed by atoms with van der Waals surface area (Å²) in [4.78, 5) is 40.1. The summed E-state index contributed by atoms with van der Waals surface area (Å²) in [6.45, 7) is -0.230. The molecule has 3 rings (SSSR count). The van der Waals surface area contributed by atoms with Crippen molar-refractivity contribution in [1.82, 2.24) is 4.90 Å². The van der Waals surface area contributed by atoms with E-state index in [1.165, 1.54) is 0 Å². The van der Waals surface area contributed by atoms with Crippen LogP contribution >= 0.6 is 0 Å². The summed E-state index contributed by atoms with van der Waals surface area (Å²) in [5.41, 5.74) is 1.52. The van der Waals surface area contributed by atoms with Crippen LogP contribution < -0.4 is 10.2 Å². The predicted octanol–water partition coefficient (Wildman–Crippen LogP) is 1.64. The van der Waals surface area contributed by atoms with E-state index in [0.29, 0.717) is 18.5 Å². The van der Waals surface area contributed by atoms with Crippen molar-refractivity contribution in [3.05, 3.63) is 36.4 Å². The minimum atomic E-state index is -0.363. The van der Waals surface area contributed by atoms with Crippen molar-refractivity contribution in [2.75, 3.05) is 30.9 Å². The summed E-state index contributed by atoms with van der Waals surface area (Å²) in [6, 6.07) is 7.40.